The Labute approximate surface area is 180 Å². The van der Waals surface area contributed by atoms with Crippen LogP contribution < -0.4 is 4.90 Å². The highest BCUT2D eigenvalue weighted by molar-refractivity contribution is 5.76. The fourth-order valence-corrected chi connectivity index (χ4v) is 4.71. The van der Waals surface area contributed by atoms with Crippen LogP contribution in [0.1, 0.15) is 30.9 Å². The lowest BCUT2D eigenvalue weighted by Crippen LogP contribution is -2.53. The van der Waals surface area contributed by atoms with Crippen molar-refractivity contribution < 1.29 is 27.4 Å². The summed E-state index contributed by atoms with van der Waals surface area (Å²) in [6.45, 7) is 5.45. The van der Waals surface area contributed by atoms with Crippen LogP contribution in [0, 0.1) is 22.7 Å². The Morgan fingerprint density at radius 1 is 1.35 bits per heavy atom. The third-order valence-electron chi connectivity index (χ3n) is 6.33. The Kier molecular flexibility index (Phi) is 7.12. The molecule has 2 aliphatic heterocycles. The molecule has 0 N–H and O–H groups in total. The molecule has 0 spiro atoms. The van der Waals surface area contributed by atoms with Gasteiger partial charge in [0.2, 0.25) is 5.91 Å². The van der Waals surface area contributed by atoms with Crippen LogP contribution in [0.25, 0.3) is 0 Å². The first-order valence-corrected chi connectivity index (χ1v) is 10.4. The number of halogens is 3. The molecule has 6 nitrogen and oxygen atoms in total. The average molecular weight is 439 g/mol. The van der Waals surface area contributed by atoms with Gasteiger partial charge in [0.25, 0.3) is 0 Å². The van der Waals surface area contributed by atoms with E-state index in [-0.39, 0.29) is 22.8 Å². The summed E-state index contributed by atoms with van der Waals surface area (Å²) in [4.78, 5) is 16.3. The predicted octanol–water partition coefficient (Wildman–Crippen LogP) is 3.30. The summed E-state index contributed by atoms with van der Waals surface area (Å²) >= 11 is 0. The van der Waals surface area contributed by atoms with Crippen LogP contribution in [0.3, 0.4) is 0 Å². The molecule has 0 aliphatic carbocycles. The highest BCUT2D eigenvalue weighted by atomic mass is 19.4. The van der Waals surface area contributed by atoms with E-state index in [9.17, 15) is 18.0 Å². The number of methoxy groups -OCH3 is 1. The Bertz CT molecular complexity index is 840. The Hall–Kier alpha value is -2.31. The summed E-state index contributed by atoms with van der Waals surface area (Å²) in [7, 11) is 1.55. The van der Waals surface area contributed by atoms with Crippen molar-refractivity contribution >= 4 is 11.6 Å². The number of nitrogens with zero attached hydrogens (tertiary/aromatic N) is 3. The predicted molar refractivity (Wildman–Crippen MR) is 108 cm³/mol. The molecule has 0 radical (unpaired) electrons. The highest BCUT2D eigenvalue weighted by Gasteiger charge is 2.51. The second-order valence-corrected chi connectivity index (χ2v) is 8.26. The van der Waals surface area contributed by atoms with Gasteiger partial charge in [0.15, 0.2) is 0 Å². The van der Waals surface area contributed by atoms with Crippen LogP contribution in [-0.2, 0) is 20.4 Å². The first-order valence-electron chi connectivity index (χ1n) is 10.4. The molecule has 3 rings (SSSR count). The van der Waals surface area contributed by atoms with Gasteiger partial charge in [0.05, 0.1) is 36.8 Å². The first-order chi connectivity index (χ1) is 14.7. The molecular weight excluding hydrogens is 411 g/mol. The molecule has 170 valence electrons. The van der Waals surface area contributed by atoms with Gasteiger partial charge in [0, 0.05) is 51.0 Å². The topological polar surface area (TPSA) is 65.8 Å². The van der Waals surface area contributed by atoms with Gasteiger partial charge in [-0.3, -0.25) is 4.79 Å². The summed E-state index contributed by atoms with van der Waals surface area (Å²) in [5.41, 5.74) is -1.21. The lowest BCUT2D eigenvalue weighted by molar-refractivity contribution is -0.138. The summed E-state index contributed by atoms with van der Waals surface area (Å²) in [6, 6.07) is 5.49. The number of likely N-dealkylation sites (tertiary alicyclic amines) is 1. The van der Waals surface area contributed by atoms with E-state index in [1.54, 1.807) is 19.2 Å². The average Bonchev–Trinajstić information content (AvgIpc) is 3.14. The van der Waals surface area contributed by atoms with Gasteiger partial charge in [0.1, 0.15) is 0 Å². The molecular formula is C22H28F3N3O3. The lowest BCUT2D eigenvalue weighted by atomic mass is 9.74. The van der Waals surface area contributed by atoms with Crippen molar-refractivity contribution in [3.05, 3.63) is 29.3 Å². The smallest absolute Gasteiger partial charge is 0.384 e. The number of carbonyl (C=O) groups is 1. The zero-order valence-corrected chi connectivity index (χ0v) is 17.9. The number of fused-ring (bicyclic) bond motifs is 1. The second-order valence-electron chi connectivity index (χ2n) is 8.26. The van der Waals surface area contributed by atoms with Crippen LogP contribution in [0.2, 0.25) is 0 Å². The van der Waals surface area contributed by atoms with Crippen molar-refractivity contribution in [1.82, 2.24) is 4.90 Å². The maximum absolute atomic E-state index is 13.4. The van der Waals surface area contributed by atoms with Crippen LogP contribution in [0.5, 0.6) is 0 Å². The molecule has 31 heavy (non-hydrogen) atoms. The Morgan fingerprint density at radius 3 is 2.77 bits per heavy atom. The maximum atomic E-state index is 13.4. The number of benzene rings is 1. The number of hydrogen-bond acceptors (Lipinski definition) is 5. The number of carbonyl (C=O) groups excluding carboxylic acids is 1. The molecule has 2 aliphatic rings. The zero-order valence-electron chi connectivity index (χ0n) is 17.9. The van der Waals surface area contributed by atoms with Gasteiger partial charge in [-0.25, -0.2) is 0 Å². The molecule has 0 saturated carbocycles. The standard InChI is InChI=1S/C22H28F3N3O3/c1-3-31-15-21-13-27(20(29)7-9-30-2)8-6-17(21)12-28(14-21)18-5-4-16(11-26)19(10-18)22(23,24)25/h4-5,10,17H,3,6-9,12-15H2,1-2H3/t17-,21+/m0/s1. The van der Waals surface area contributed by atoms with Gasteiger partial charge < -0.3 is 19.3 Å². The lowest BCUT2D eigenvalue weighted by Gasteiger charge is -2.44. The number of alkyl halides is 3. The molecule has 1 amide bonds. The fourth-order valence-electron chi connectivity index (χ4n) is 4.71. The first kappa shape index (κ1) is 23.4. The van der Waals surface area contributed by atoms with Crippen LogP contribution in [-0.4, -0.2) is 63.9 Å². The zero-order chi connectivity index (χ0) is 22.6. The van der Waals surface area contributed by atoms with Crippen molar-refractivity contribution in [2.24, 2.45) is 11.3 Å². The van der Waals surface area contributed by atoms with Gasteiger partial charge >= 0.3 is 6.18 Å². The molecule has 0 bridgehead atoms. The van der Waals surface area contributed by atoms with Gasteiger partial charge in [-0.05, 0) is 37.5 Å². The third-order valence-corrected chi connectivity index (χ3v) is 6.33. The van der Waals surface area contributed by atoms with Crippen molar-refractivity contribution in [2.45, 2.75) is 25.9 Å². The van der Waals surface area contributed by atoms with Crippen molar-refractivity contribution in [1.29, 1.82) is 5.26 Å². The SMILES string of the molecule is CCOC[C@]12CN(C(=O)CCOC)CC[C@H]1CN(c1ccc(C#N)c(C(F)(F)F)c1)C2. The number of nitriles is 1. The minimum Gasteiger partial charge on any atom is -0.384 e. The molecule has 2 heterocycles. The Balaban J connectivity index is 1.86. The third kappa shape index (κ3) is 4.96. The van der Waals surface area contributed by atoms with E-state index in [4.69, 9.17) is 14.7 Å². The molecule has 2 saturated heterocycles. The maximum Gasteiger partial charge on any atom is 0.417 e. The molecule has 1 aromatic carbocycles. The molecule has 0 aromatic heterocycles. The van der Waals surface area contributed by atoms with Crippen molar-refractivity contribution in [3.63, 3.8) is 0 Å². The van der Waals surface area contributed by atoms with E-state index in [0.717, 1.165) is 12.5 Å². The van der Waals surface area contributed by atoms with E-state index in [0.29, 0.717) is 58.1 Å². The number of ether oxygens (including phenoxy) is 2. The monoisotopic (exact) mass is 439 g/mol. The molecule has 2 fully saturated rings. The number of anilines is 1. The van der Waals surface area contributed by atoms with Crippen LogP contribution in [0.4, 0.5) is 18.9 Å². The van der Waals surface area contributed by atoms with E-state index >= 15 is 0 Å². The number of rotatable bonds is 7. The summed E-state index contributed by atoms with van der Waals surface area (Å²) in [5.74, 6) is 0.225. The van der Waals surface area contributed by atoms with E-state index in [1.807, 2.05) is 16.7 Å². The molecule has 2 atom stereocenters. The van der Waals surface area contributed by atoms with Crippen LogP contribution >= 0.6 is 0 Å². The van der Waals surface area contributed by atoms with Crippen LogP contribution in [0.15, 0.2) is 18.2 Å². The Morgan fingerprint density at radius 2 is 2.13 bits per heavy atom. The number of amides is 1. The summed E-state index contributed by atoms with van der Waals surface area (Å²) in [5, 5.41) is 9.06. The summed E-state index contributed by atoms with van der Waals surface area (Å²) in [6.07, 6.45) is -3.52. The summed E-state index contributed by atoms with van der Waals surface area (Å²) < 4.78 is 51.1. The number of hydrogen-bond donors (Lipinski definition) is 0. The number of piperidine rings is 1. The van der Waals surface area contributed by atoms with Gasteiger partial charge in [-0.2, -0.15) is 18.4 Å². The minimum atomic E-state index is -4.60. The fraction of sp³-hybridized carbons (Fsp3) is 0.636. The molecule has 1 aromatic rings. The van der Waals surface area contributed by atoms with Crippen molar-refractivity contribution in [3.8, 4) is 6.07 Å². The second kappa shape index (κ2) is 9.45. The molecule has 9 heteroatoms. The largest absolute Gasteiger partial charge is 0.417 e. The highest BCUT2D eigenvalue weighted by Crippen LogP contribution is 2.45. The van der Waals surface area contributed by atoms with E-state index in [2.05, 4.69) is 0 Å². The quantitative estimate of drug-likeness (QED) is 0.652. The van der Waals surface area contributed by atoms with Gasteiger partial charge in [-0.15, -0.1) is 0 Å². The normalized spacial score (nSPS) is 23.5. The van der Waals surface area contributed by atoms with Crippen molar-refractivity contribution in [2.75, 3.05) is 58.0 Å². The molecule has 0 unspecified atom stereocenters. The van der Waals surface area contributed by atoms with E-state index < -0.39 is 11.7 Å². The van der Waals surface area contributed by atoms with E-state index in [1.165, 1.54) is 6.07 Å². The minimum absolute atomic E-state index is 0.0207. The van der Waals surface area contributed by atoms with Gasteiger partial charge in [-0.1, -0.05) is 0 Å².